The summed E-state index contributed by atoms with van der Waals surface area (Å²) in [5.74, 6) is -1.04. The molecule has 0 aliphatic carbocycles. The smallest absolute Gasteiger partial charge is 0.430 e. The van der Waals surface area contributed by atoms with Crippen molar-refractivity contribution < 1.29 is 37.3 Å². The van der Waals surface area contributed by atoms with Crippen LogP contribution in [0, 0.1) is 5.92 Å². The van der Waals surface area contributed by atoms with Gasteiger partial charge in [-0.1, -0.05) is 48.4 Å². The van der Waals surface area contributed by atoms with Gasteiger partial charge in [0.05, 0.1) is 24.3 Å². The van der Waals surface area contributed by atoms with E-state index in [1.54, 1.807) is 12.1 Å². The Morgan fingerprint density at radius 2 is 1.75 bits per heavy atom. The van der Waals surface area contributed by atoms with Crippen LogP contribution in [0.25, 0.3) is 0 Å². The van der Waals surface area contributed by atoms with E-state index in [-0.39, 0.29) is 29.6 Å². The lowest BCUT2D eigenvalue weighted by atomic mass is 9.88. The fourth-order valence-corrected chi connectivity index (χ4v) is 4.58. The lowest BCUT2D eigenvalue weighted by Gasteiger charge is -2.38. The summed E-state index contributed by atoms with van der Waals surface area (Å²) in [6.45, 7) is 0.771. The molecule has 0 radical (unpaired) electrons. The van der Waals surface area contributed by atoms with Gasteiger partial charge in [0.2, 0.25) is 0 Å². The molecule has 10 heteroatoms. The number of carbonyl (C=O) groups excluding carboxylic acids is 2. The number of halogens is 4. The van der Waals surface area contributed by atoms with Crippen LogP contribution in [0.2, 0.25) is 5.02 Å². The normalized spacial score (nSPS) is 16.3. The standard InChI is InChI=1S/C26H29ClF3NO5/c1-35-23(32)21-11-10-20(17-22(21)27)36-16-6-5-7-18-12-14-31(15-13-18)24(33)25(34,26(28,29)30)19-8-3-2-4-9-19/h2-4,8-11,17-18,34H,5-7,12-16H2,1H3/t25-/m1/s1. The van der Waals surface area contributed by atoms with Crippen molar-refractivity contribution in [1.29, 1.82) is 0 Å². The number of alkyl halides is 3. The zero-order valence-electron chi connectivity index (χ0n) is 19.9. The van der Waals surface area contributed by atoms with Gasteiger partial charge in [-0.2, -0.15) is 13.2 Å². The van der Waals surface area contributed by atoms with E-state index in [0.29, 0.717) is 25.2 Å². The Hall–Kier alpha value is -2.78. The van der Waals surface area contributed by atoms with Crippen molar-refractivity contribution in [1.82, 2.24) is 4.90 Å². The monoisotopic (exact) mass is 527 g/mol. The fraction of sp³-hybridized carbons (Fsp3) is 0.462. The molecule has 1 heterocycles. The predicted molar refractivity (Wildman–Crippen MR) is 128 cm³/mol. The SMILES string of the molecule is COC(=O)c1ccc(OCCCCC2CCN(C(=O)[C@](O)(c3ccccc3)C(F)(F)F)CC2)cc1Cl. The molecule has 1 N–H and O–H groups in total. The van der Waals surface area contributed by atoms with Crippen LogP contribution in [-0.4, -0.2) is 54.9 Å². The second-order valence-electron chi connectivity index (χ2n) is 8.79. The number of esters is 1. The molecule has 1 aliphatic heterocycles. The van der Waals surface area contributed by atoms with Gasteiger partial charge in [0, 0.05) is 18.7 Å². The van der Waals surface area contributed by atoms with Gasteiger partial charge in [-0.15, -0.1) is 0 Å². The lowest BCUT2D eigenvalue weighted by molar-refractivity contribution is -0.262. The molecular formula is C26H29ClF3NO5. The molecule has 2 aromatic carbocycles. The molecule has 1 saturated heterocycles. The Bertz CT molecular complexity index is 1040. The Labute approximate surface area is 212 Å². The number of rotatable bonds is 9. The Kier molecular flexibility index (Phi) is 9.24. The minimum absolute atomic E-state index is 0.163. The summed E-state index contributed by atoms with van der Waals surface area (Å²) >= 11 is 6.08. The number of methoxy groups -OCH3 is 1. The number of piperidine rings is 1. The van der Waals surface area contributed by atoms with E-state index < -0.39 is 29.2 Å². The second-order valence-corrected chi connectivity index (χ2v) is 9.19. The molecule has 3 rings (SSSR count). The number of hydrogen-bond donors (Lipinski definition) is 1. The molecule has 6 nitrogen and oxygen atoms in total. The molecule has 1 amide bonds. The molecule has 0 bridgehead atoms. The number of unbranched alkanes of at least 4 members (excludes halogenated alkanes) is 1. The lowest BCUT2D eigenvalue weighted by Crippen LogP contribution is -2.57. The molecule has 1 aliphatic rings. The maximum atomic E-state index is 13.8. The summed E-state index contributed by atoms with van der Waals surface area (Å²) in [5, 5.41) is 10.8. The Balaban J connectivity index is 1.44. The summed E-state index contributed by atoms with van der Waals surface area (Å²) in [7, 11) is 1.28. The first-order chi connectivity index (χ1) is 17.1. The predicted octanol–water partition coefficient (Wildman–Crippen LogP) is 5.36. The summed E-state index contributed by atoms with van der Waals surface area (Å²) in [6.07, 6.45) is -1.53. The molecule has 1 fully saturated rings. The first-order valence-corrected chi connectivity index (χ1v) is 12.1. The Morgan fingerprint density at radius 3 is 2.33 bits per heavy atom. The number of likely N-dealkylation sites (tertiary alicyclic amines) is 1. The van der Waals surface area contributed by atoms with Crippen molar-refractivity contribution >= 4 is 23.5 Å². The van der Waals surface area contributed by atoms with E-state index in [0.717, 1.165) is 36.3 Å². The molecule has 0 aromatic heterocycles. The zero-order valence-corrected chi connectivity index (χ0v) is 20.6. The van der Waals surface area contributed by atoms with Crippen molar-refractivity contribution in [3.63, 3.8) is 0 Å². The van der Waals surface area contributed by atoms with E-state index >= 15 is 0 Å². The maximum absolute atomic E-state index is 13.8. The first-order valence-electron chi connectivity index (χ1n) is 11.7. The number of nitrogens with zero attached hydrogens (tertiary/aromatic N) is 1. The highest BCUT2D eigenvalue weighted by atomic mass is 35.5. The summed E-state index contributed by atoms with van der Waals surface area (Å²) in [6, 6.07) is 11.2. The van der Waals surface area contributed by atoms with Gasteiger partial charge in [0.1, 0.15) is 5.75 Å². The highest BCUT2D eigenvalue weighted by molar-refractivity contribution is 6.33. The fourth-order valence-electron chi connectivity index (χ4n) is 4.33. The molecule has 36 heavy (non-hydrogen) atoms. The van der Waals surface area contributed by atoms with Gasteiger partial charge in [-0.3, -0.25) is 4.79 Å². The van der Waals surface area contributed by atoms with Crippen molar-refractivity contribution in [3.05, 3.63) is 64.7 Å². The maximum Gasteiger partial charge on any atom is 0.430 e. The van der Waals surface area contributed by atoms with Crippen molar-refractivity contribution in [2.24, 2.45) is 5.92 Å². The van der Waals surface area contributed by atoms with Gasteiger partial charge in [0.15, 0.2) is 0 Å². The van der Waals surface area contributed by atoms with Gasteiger partial charge in [0.25, 0.3) is 11.5 Å². The third kappa shape index (κ3) is 6.31. The average Bonchev–Trinajstić information content (AvgIpc) is 2.87. The van der Waals surface area contributed by atoms with Crippen LogP contribution < -0.4 is 4.74 Å². The van der Waals surface area contributed by atoms with E-state index in [2.05, 4.69) is 4.74 Å². The van der Waals surface area contributed by atoms with Crippen LogP contribution in [0.4, 0.5) is 13.2 Å². The van der Waals surface area contributed by atoms with Crippen LogP contribution >= 0.6 is 11.6 Å². The van der Waals surface area contributed by atoms with Crippen LogP contribution in [-0.2, 0) is 15.1 Å². The van der Waals surface area contributed by atoms with Crippen LogP contribution in [0.5, 0.6) is 5.75 Å². The number of carbonyl (C=O) groups is 2. The second kappa shape index (κ2) is 12.0. The van der Waals surface area contributed by atoms with Gasteiger partial charge < -0.3 is 19.5 Å². The van der Waals surface area contributed by atoms with Crippen molar-refractivity contribution in [2.75, 3.05) is 26.8 Å². The van der Waals surface area contributed by atoms with E-state index in [1.165, 1.54) is 31.4 Å². The van der Waals surface area contributed by atoms with Crippen LogP contribution in [0.3, 0.4) is 0 Å². The number of benzene rings is 2. The number of aliphatic hydroxyl groups is 1. The molecular weight excluding hydrogens is 499 g/mol. The zero-order chi connectivity index (χ0) is 26.3. The largest absolute Gasteiger partial charge is 0.494 e. The molecule has 0 spiro atoms. The first kappa shape index (κ1) is 27.8. The highest BCUT2D eigenvalue weighted by Crippen LogP contribution is 2.41. The van der Waals surface area contributed by atoms with Crippen LogP contribution in [0.15, 0.2) is 48.5 Å². The number of hydrogen-bond acceptors (Lipinski definition) is 5. The van der Waals surface area contributed by atoms with Gasteiger partial charge in [-0.05, 0) is 49.8 Å². The molecule has 196 valence electrons. The van der Waals surface area contributed by atoms with E-state index in [4.69, 9.17) is 16.3 Å². The van der Waals surface area contributed by atoms with Crippen LogP contribution in [0.1, 0.15) is 48.0 Å². The minimum Gasteiger partial charge on any atom is -0.494 e. The minimum atomic E-state index is -5.13. The molecule has 1 atom stereocenters. The molecule has 2 aromatic rings. The van der Waals surface area contributed by atoms with Gasteiger partial charge >= 0.3 is 12.1 Å². The summed E-state index contributed by atoms with van der Waals surface area (Å²) in [5.41, 5.74) is -3.78. The van der Waals surface area contributed by atoms with E-state index in [1.807, 2.05) is 0 Å². The summed E-state index contributed by atoms with van der Waals surface area (Å²) in [4.78, 5) is 25.5. The molecule has 0 saturated carbocycles. The summed E-state index contributed by atoms with van der Waals surface area (Å²) < 4.78 is 51.7. The third-order valence-electron chi connectivity index (χ3n) is 6.43. The average molecular weight is 528 g/mol. The number of ether oxygens (including phenoxy) is 2. The van der Waals surface area contributed by atoms with Gasteiger partial charge in [-0.25, -0.2) is 4.79 Å². The van der Waals surface area contributed by atoms with Crippen molar-refractivity contribution in [2.45, 2.75) is 43.9 Å². The number of amides is 1. The highest BCUT2D eigenvalue weighted by Gasteiger charge is 2.62. The Morgan fingerprint density at radius 1 is 1.08 bits per heavy atom. The quantitative estimate of drug-likeness (QED) is 0.351. The van der Waals surface area contributed by atoms with E-state index in [9.17, 15) is 27.9 Å². The van der Waals surface area contributed by atoms with Crippen molar-refractivity contribution in [3.8, 4) is 5.75 Å². The third-order valence-corrected chi connectivity index (χ3v) is 6.75. The molecule has 0 unspecified atom stereocenters. The topological polar surface area (TPSA) is 76.1 Å².